The summed E-state index contributed by atoms with van der Waals surface area (Å²) in [7, 11) is 0. The molecule has 3 N–H and O–H groups in total. The molecule has 0 unspecified atom stereocenters. The molecule has 0 spiro atoms. The largest absolute Gasteiger partial charge is 0.492 e. The lowest BCUT2D eigenvalue weighted by Gasteiger charge is -2.14. The van der Waals surface area contributed by atoms with Crippen molar-refractivity contribution in [3.8, 4) is 5.75 Å². The molecule has 9 heteroatoms. The van der Waals surface area contributed by atoms with Gasteiger partial charge in [0.25, 0.3) is 0 Å². The number of carbonyl (C=O) groups is 4. The summed E-state index contributed by atoms with van der Waals surface area (Å²) in [5, 5.41) is 2.54. The number of nitrogens with one attached hydrogen (secondary N) is 1. The Morgan fingerprint density at radius 1 is 1.16 bits per heavy atom. The first-order valence-corrected chi connectivity index (χ1v) is 7.49. The summed E-state index contributed by atoms with van der Waals surface area (Å²) >= 11 is 0. The van der Waals surface area contributed by atoms with E-state index in [9.17, 15) is 19.2 Å². The summed E-state index contributed by atoms with van der Waals surface area (Å²) in [6.07, 6.45) is 1.32. The highest BCUT2D eigenvalue weighted by Crippen LogP contribution is 2.16. The first-order valence-electron chi connectivity index (χ1n) is 7.49. The fourth-order valence-electron chi connectivity index (χ4n) is 2.14. The first-order chi connectivity index (χ1) is 12.0. The SMILES string of the molecule is C=CCN1C(=O)C(=O)N(CC(=O)Nc2ccc(OCCN)cc2)C1=O. The van der Waals surface area contributed by atoms with Crippen molar-refractivity contribution < 1.29 is 23.9 Å². The van der Waals surface area contributed by atoms with Gasteiger partial charge in [0.1, 0.15) is 18.9 Å². The zero-order valence-electron chi connectivity index (χ0n) is 13.4. The van der Waals surface area contributed by atoms with Crippen LogP contribution in [0.1, 0.15) is 0 Å². The molecule has 0 bridgehead atoms. The van der Waals surface area contributed by atoms with Gasteiger partial charge < -0.3 is 15.8 Å². The normalized spacial score (nSPS) is 14.0. The molecule has 2 rings (SSSR count). The average Bonchev–Trinajstić information content (AvgIpc) is 2.79. The molecule has 0 aliphatic carbocycles. The number of rotatable bonds is 8. The molecule has 0 aromatic heterocycles. The van der Waals surface area contributed by atoms with Crippen LogP contribution in [-0.4, -0.2) is 59.8 Å². The maximum atomic E-state index is 12.0. The van der Waals surface area contributed by atoms with Crippen LogP contribution in [0.4, 0.5) is 10.5 Å². The van der Waals surface area contributed by atoms with Crippen LogP contribution in [-0.2, 0) is 14.4 Å². The number of carbonyl (C=O) groups excluding carboxylic acids is 4. The van der Waals surface area contributed by atoms with Gasteiger partial charge in [-0.25, -0.2) is 9.69 Å². The Bertz CT molecular complexity index is 701. The molecule has 1 aliphatic heterocycles. The fraction of sp³-hybridized carbons (Fsp3) is 0.250. The number of ether oxygens (including phenoxy) is 1. The molecule has 25 heavy (non-hydrogen) atoms. The summed E-state index contributed by atoms with van der Waals surface area (Å²) in [5.74, 6) is -2.02. The lowest BCUT2D eigenvalue weighted by atomic mass is 10.3. The Labute approximate surface area is 144 Å². The predicted molar refractivity (Wildman–Crippen MR) is 88.6 cm³/mol. The Hall–Kier alpha value is -3.20. The van der Waals surface area contributed by atoms with Crippen LogP contribution in [0.15, 0.2) is 36.9 Å². The predicted octanol–water partition coefficient (Wildman–Crippen LogP) is -0.0606. The van der Waals surface area contributed by atoms with Crippen LogP contribution in [0, 0.1) is 0 Å². The molecule has 9 nitrogen and oxygen atoms in total. The van der Waals surface area contributed by atoms with Gasteiger partial charge in [0.15, 0.2) is 0 Å². The Morgan fingerprint density at radius 3 is 2.40 bits per heavy atom. The molecular weight excluding hydrogens is 328 g/mol. The van der Waals surface area contributed by atoms with Gasteiger partial charge in [-0.1, -0.05) is 6.08 Å². The van der Waals surface area contributed by atoms with Gasteiger partial charge in [-0.05, 0) is 24.3 Å². The molecule has 1 aromatic rings. The molecule has 0 atom stereocenters. The average molecular weight is 346 g/mol. The molecule has 1 heterocycles. The van der Waals surface area contributed by atoms with Crippen LogP contribution in [0.2, 0.25) is 0 Å². The summed E-state index contributed by atoms with van der Waals surface area (Å²) in [6.45, 7) is 3.53. The van der Waals surface area contributed by atoms with Crippen LogP contribution >= 0.6 is 0 Å². The van der Waals surface area contributed by atoms with E-state index < -0.39 is 30.3 Å². The van der Waals surface area contributed by atoms with E-state index in [0.29, 0.717) is 29.5 Å². The lowest BCUT2D eigenvalue weighted by Crippen LogP contribution is -2.39. The van der Waals surface area contributed by atoms with Crippen molar-refractivity contribution in [2.75, 3.05) is 31.6 Å². The third-order valence-electron chi connectivity index (χ3n) is 3.27. The van der Waals surface area contributed by atoms with E-state index in [1.165, 1.54) is 6.08 Å². The van der Waals surface area contributed by atoms with Gasteiger partial charge in [0.2, 0.25) is 5.91 Å². The third kappa shape index (κ3) is 4.21. The fourth-order valence-corrected chi connectivity index (χ4v) is 2.14. The minimum absolute atomic E-state index is 0.0915. The van der Waals surface area contributed by atoms with Crippen LogP contribution < -0.4 is 15.8 Å². The van der Waals surface area contributed by atoms with Crippen molar-refractivity contribution in [2.24, 2.45) is 5.73 Å². The molecule has 1 saturated heterocycles. The topological polar surface area (TPSA) is 122 Å². The number of nitrogens with two attached hydrogens (primary N) is 1. The maximum absolute atomic E-state index is 12.0. The Kier molecular flexibility index (Phi) is 5.85. The van der Waals surface area contributed by atoms with Crippen LogP contribution in [0.25, 0.3) is 0 Å². The Balaban J connectivity index is 1.95. The number of benzene rings is 1. The van der Waals surface area contributed by atoms with Gasteiger partial charge in [-0.15, -0.1) is 6.58 Å². The van der Waals surface area contributed by atoms with E-state index in [1.54, 1.807) is 24.3 Å². The van der Waals surface area contributed by atoms with E-state index in [2.05, 4.69) is 11.9 Å². The minimum Gasteiger partial charge on any atom is -0.492 e. The third-order valence-corrected chi connectivity index (χ3v) is 3.27. The van der Waals surface area contributed by atoms with Crippen LogP contribution in [0.3, 0.4) is 0 Å². The molecule has 1 aromatic carbocycles. The highest BCUT2D eigenvalue weighted by molar-refractivity contribution is 6.45. The van der Waals surface area contributed by atoms with E-state index in [4.69, 9.17) is 10.5 Å². The van der Waals surface area contributed by atoms with Crippen molar-refractivity contribution in [2.45, 2.75) is 0 Å². The molecule has 132 valence electrons. The van der Waals surface area contributed by atoms with Gasteiger partial charge in [-0.2, -0.15) is 0 Å². The molecule has 0 saturated carbocycles. The smallest absolute Gasteiger partial charge is 0.335 e. The van der Waals surface area contributed by atoms with E-state index in [-0.39, 0.29) is 6.54 Å². The molecule has 1 aliphatic rings. The number of amides is 5. The molecule has 0 radical (unpaired) electrons. The number of anilines is 1. The standard InChI is InChI=1S/C16H18N4O5/c1-2-8-19-14(22)15(23)20(16(19)24)10-13(21)18-11-3-5-12(6-4-11)25-9-7-17/h2-6H,1,7-10,17H2,(H,18,21). The molecule has 1 fully saturated rings. The summed E-state index contributed by atoms with van der Waals surface area (Å²) in [4.78, 5) is 48.9. The van der Waals surface area contributed by atoms with Gasteiger partial charge in [0, 0.05) is 18.8 Å². The number of nitrogens with zero attached hydrogens (tertiary/aromatic N) is 2. The van der Waals surface area contributed by atoms with E-state index >= 15 is 0 Å². The first kappa shape index (κ1) is 18.1. The summed E-state index contributed by atoms with van der Waals surface area (Å²) < 4.78 is 5.31. The molecule has 5 amide bonds. The molecular formula is C16H18N4O5. The number of hydrogen-bond donors (Lipinski definition) is 2. The number of imide groups is 2. The summed E-state index contributed by atoms with van der Waals surface area (Å²) in [5.41, 5.74) is 5.79. The number of urea groups is 1. The summed E-state index contributed by atoms with van der Waals surface area (Å²) in [6, 6.07) is 5.66. The van der Waals surface area contributed by atoms with Crippen LogP contribution in [0.5, 0.6) is 5.75 Å². The highest BCUT2D eigenvalue weighted by atomic mass is 16.5. The van der Waals surface area contributed by atoms with Gasteiger partial charge >= 0.3 is 17.8 Å². The minimum atomic E-state index is -1.03. The van der Waals surface area contributed by atoms with Gasteiger partial charge in [-0.3, -0.25) is 19.3 Å². The second kappa shape index (κ2) is 8.06. The van der Waals surface area contributed by atoms with E-state index in [1.807, 2.05) is 0 Å². The zero-order chi connectivity index (χ0) is 18.4. The second-order valence-corrected chi connectivity index (χ2v) is 5.09. The maximum Gasteiger partial charge on any atom is 0.335 e. The zero-order valence-corrected chi connectivity index (χ0v) is 13.4. The highest BCUT2D eigenvalue weighted by Gasteiger charge is 2.44. The van der Waals surface area contributed by atoms with Crippen molar-refractivity contribution in [3.63, 3.8) is 0 Å². The Morgan fingerprint density at radius 2 is 1.80 bits per heavy atom. The lowest BCUT2D eigenvalue weighted by molar-refractivity contribution is -0.143. The van der Waals surface area contributed by atoms with E-state index in [0.717, 1.165) is 4.90 Å². The monoisotopic (exact) mass is 346 g/mol. The van der Waals surface area contributed by atoms with Gasteiger partial charge in [0.05, 0.1) is 0 Å². The van der Waals surface area contributed by atoms with Crippen molar-refractivity contribution in [1.82, 2.24) is 9.80 Å². The number of hydrogen-bond acceptors (Lipinski definition) is 6. The van der Waals surface area contributed by atoms with Crippen molar-refractivity contribution in [3.05, 3.63) is 36.9 Å². The van der Waals surface area contributed by atoms with Crippen molar-refractivity contribution >= 4 is 29.4 Å². The van der Waals surface area contributed by atoms with Crippen molar-refractivity contribution in [1.29, 1.82) is 0 Å². The quantitative estimate of drug-likeness (QED) is 0.386. The second-order valence-electron chi connectivity index (χ2n) is 5.09.